The van der Waals surface area contributed by atoms with Crippen LogP contribution in [-0.2, 0) is 0 Å². The number of benzene rings is 4. The zero-order valence-electron chi connectivity index (χ0n) is 26.1. The lowest BCUT2D eigenvalue weighted by Gasteiger charge is -2.20. The Hall–Kier alpha value is -5.23. The van der Waals surface area contributed by atoms with Crippen molar-refractivity contribution in [1.29, 1.82) is 0 Å². The number of nitrogens with zero attached hydrogens (tertiary/aromatic N) is 4. The quantitative estimate of drug-likeness (QED) is 0.184. The highest BCUT2D eigenvalue weighted by molar-refractivity contribution is 6.09. The molecule has 3 heterocycles. The fourth-order valence-corrected chi connectivity index (χ4v) is 6.28. The van der Waals surface area contributed by atoms with Crippen LogP contribution < -0.4 is 4.74 Å². The van der Waals surface area contributed by atoms with Gasteiger partial charge in [-0.3, -0.25) is 4.57 Å². The molecule has 0 aliphatic heterocycles. The number of halogens is 1. The van der Waals surface area contributed by atoms with Gasteiger partial charge in [-0.15, -0.1) is 0 Å². The van der Waals surface area contributed by atoms with Crippen LogP contribution in [0.1, 0.15) is 56.2 Å². The lowest BCUT2D eigenvalue weighted by atomic mass is 9.84. The normalized spacial score (nSPS) is 11.7. The number of hydrogen-bond donors (Lipinski definition) is 0. The zero-order chi connectivity index (χ0) is 31.2. The van der Waals surface area contributed by atoms with Crippen molar-refractivity contribution in [3.8, 4) is 34.1 Å². The van der Waals surface area contributed by atoms with E-state index in [4.69, 9.17) is 9.84 Å². The van der Waals surface area contributed by atoms with E-state index >= 15 is 0 Å². The topological polar surface area (TPSA) is 44.9 Å². The van der Waals surface area contributed by atoms with E-state index in [1.165, 1.54) is 40.6 Å². The van der Waals surface area contributed by atoms with Crippen LogP contribution in [0, 0.1) is 12.7 Å². The molecule has 0 saturated heterocycles. The third-order valence-electron chi connectivity index (χ3n) is 8.36. The summed E-state index contributed by atoms with van der Waals surface area (Å²) < 4.78 is 24.5. The van der Waals surface area contributed by atoms with Crippen LogP contribution in [0.15, 0.2) is 110 Å². The van der Waals surface area contributed by atoms with Gasteiger partial charge in [-0.2, -0.15) is 5.10 Å². The summed E-state index contributed by atoms with van der Waals surface area (Å²) in [6.45, 7) is 11.2. The van der Waals surface area contributed by atoms with E-state index in [0.29, 0.717) is 29.2 Å². The van der Waals surface area contributed by atoms with Crippen molar-refractivity contribution in [2.24, 2.45) is 0 Å². The first-order chi connectivity index (χ1) is 21.8. The fourth-order valence-electron chi connectivity index (χ4n) is 6.28. The van der Waals surface area contributed by atoms with E-state index < -0.39 is 0 Å². The molecule has 0 N–H and O–H groups in total. The minimum atomic E-state index is -0.333. The monoisotopic (exact) mass is 594 g/mol. The zero-order valence-corrected chi connectivity index (χ0v) is 26.1. The minimum Gasteiger partial charge on any atom is -0.457 e. The van der Waals surface area contributed by atoms with Crippen molar-refractivity contribution < 1.29 is 9.13 Å². The Morgan fingerprint density at radius 3 is 2.22 bits per heavy atom. The second kappa shape index (κ2) is 11.4. The smallest absolute Gasteiger partial charge is 0.140 e. The first-order valence-corrected chi connectivity index (χ1v) is 15.4. The number of para-hydroxylation sites is 1. The summed E-state index contributed by atoms with van der Waals surface area (Å²) in [6.07, 6.45) is 5.56. The van der Waals surface area contributed by atoms with E-state index in [9.17, 15) is 4.39 Å². The average molecular weight is 595 g/mol. The molecule has 0 spiro atoms. The highest BCUT2D eigenvalue weighted by atomic mass is 19.1. The van der Waals surface area contributed by atoms with Gasteiger partial charge >= 0.3 is 0 Å². The Bertz CT molecular complexity index is 2160. The van der Waals surface area contributed by atoms with Gasteiger partial charge in [0.2, 0.25) is 0 Å². The average Bonchev–Trinajstić information content (AvgIpc) is 3.64. The third kappa shape index (κ3) is 5.27. The maximum Gasteiger partial charge on any atom is 0.140 e. The minimum absolute atomic E-state index is 0.333. The molecule has 5 nitrogen and oxygen atoms in total. The van der Waals surface area contributed by atoms with Gasteiger partial charge in [-0.25, -0.2) is 14.1 Å². The lowest BCUT2D eigenvalue weighted by Crippen LogP contribution is -2.01. The van der Waals surface area contributed by atoms with Crippen LogP contribution in [0.4, 0.5) is 4.39 Å². The van der Waals surface area contributed by atoms with Crippen molar-refractivity contribution in [3.63, 3.8) is 0 Å². The number of pyridine rings is 1. The van der Waals surface area contributed by atoms with Gasteiger partial charge in [0.25, 0.3) is 0 Å². The summed E-state index contributed by atoms with van der Waals surface area (Å²) in [5, 5.41) is 6.88. The molecule has 0 bridgehead atoms. The van der Waals surface area contributed by atoms with Gasteiger partial charge in [-0.1, -0.05) is 69.7 Å². The van der Waals surface area contributed by atoms with Crippen molar-refractivity contribution in [1.82, 2.24) is 19.3 Å². The van der Waals surface area contributed by atoms with Crippen LogP contribution in [0.25, 0.3) is 44.4 Å². The van der Waals surface area contributed by atoms with Crippen molar-refractivity contribution in [2.45, 2.75) is 46.5 Å². The Morgan fingerprint density at radius 2 is 1.47 bits per heavy atom. The molecule has 7 rings (SSSR count). The Morgan fingerprint density at radius 1 is 0.733 bits per heavy atom. The van der Waals surface area contributed by atoms with Gasteiger partial charge in [0.05, 0.1) is 22.9 Å². The molecule has 0 atom stereocenters. The van der Waals surface area contributed by atoms with Crippen LogP contribution in [-0.4, -0.2) is 19.3 Å². The Balaban J connectivity index is 1.25. The molecule has 0 radical (unpaired) electrons. The molecule has 0 unspecified atom stereocenters. The van der Waals surface area contributed by atoms with Crippen molar-refractivity contribution >= 4 is 21.8 Å². The Labute approximate surface area is 262 Å². The van der Waals surface area contributed by atoms with Gasteiger partial charge in [0, 0.05) is 46.9 Å². The molecule has 0 aliphatic rings. The van der Waals surface area contributed by atoms with Crippen LogP contribution in [0.5, 0.6) is 11.5 Å². The predicted molar refractivity (Wildman–Crippen MR) is 181 cm³/mol. The molecule has 0 aliphatic carbocycles. The lowest BCUT2D eigenvalue weighted by molar-refractivity contribution is 0.483. The molecule has 224 valence electrons. The molecule has 6 heteroatoms. The number of aryl methyl sites for hydroxylation is 1. The predicted octanol–water partition coefficient (Wildman–Crippen LogP) is 10.5. The van der Waals surface area contributed by atoms with Gasteiger partial charge in [0.1, 0.15) is 23.1 Å². The summed E-state index contributed by atoms with van der Waals surface area (Å²) in [5.74, 6) is 2.33. The number of ether oxygens (including phenoxy) is 1. The first-order valence-electron chi connectivity index (χ1n) is 15.4. The molecular weight excluding hydrogens is 559 g/mol. The van der Waals surface area contributed by atoms with Crippen LogP contribution in [0.2, 0.25) is 0 Å². The van der Waals surface area contributed by atoms with Gasteiger partial charge < -0.3 is 4.74 Å². The number of fused-ring (bicyclic) bond motifs is 3. The maximum atomic E-state index is 14.2. The number of aromatic nitrogens is 4. The van der Waals surface area contributed by atoms with E-state index in [1.54, 1.807) is 0 Å². The maximum absolute atomic E-state index is 14.2. The molecule has 0 fully saturated rings. The third-order valence-corrected chi connectivity index (χ3v) is 8.36. The molecule has 0 saturated carbocycles. The van der Waals surface area contributed by atoms with E-state index in [2.05, 4.69) is 64.0 Å². The second-order valence-electron chi connectivity index (χ2n) is 12.3. The van der Waals surface area contributed by atoms with Gasteiger partial charge in [0.15, 0.2) is 0 Å². The SMILES string of the molecule is Cc1cc(C(C)C)c(-c2cnn(-c3cccc(Oc4ccc5c6ccccc6n(-c6cc(F)ccn6)c5c4)c3)c2)c(C(C)C)c1. The van der Waals surface area contributed by atoms with Crippen molar-refractivity contribution in [2.75, 3.05) is 0 Å². The highest BCUT2D eigenvalue weighted by Crippen LogP contribution is 2.38. The number of hydrogen-bond acceptors (Lipinski definition) is 3. The summed E-state index contributed by atoms with van der Waals surface area (Å²) in [6, 6.07) is 29.4. The molecule has 4 aromatic carbocycles. The molecule has 0 amide bonds. The highest BCUT2D eigenvalue weighted by Gasteiger charge is 2.19. The molecule has 7 aromatic rings. The first kappa shape index (κ1) is 28.5. The summed E-state index contributed by atoms with van der Waals surface area (Å²) >= 11 is 0. The summed E-state index contributed by atoms with van der Waals surface area (Å²) in [5.41, 5.74) is 9.11. The van der Waals surface area contributed by atoms with E-state index in [0.717, 1.165) is 33.1 Å². The number of rotatable bonds is 7. The molecule has 45 heavy (non-hydrogen) atoms. The standard InChI is InChI=1S/C39H35FN4O/c1-24(2)34-17-26(5)18-35(25(3)4)39(34)27-22-42-43(23-27)29-9-8-10-30(20-29)45-31-13-14-33-32-11-6-7-12-36(32)44(37(33)21-31)38-19-28(40)15-16-41-38/h6-25H,1-5H3. The molecule has 3 aromatic heterocycles. The van der Waals surface area contributed by atoms with Crippen LogP contribution in [0.3, 0.4) is 0 Å². The summed E-state index contributed by atoms with van der Waals surface area (Å²) in [7, 11) is 0. The van der Waals surface area contributed by atoms with Crippen LogP contribution >= 0.6 is 0 Å². The fraction of sp³-hybridized carbons (Fsp3) is 0.179. The largest absolute Gasteiger partial charge is 0.457 e. The second-order valence-corrected chi connectivity index (χ2v) is 12.3. The molecular formula is C39H35FN4O. The Kier molecular flexibility index (Phi) is 7.20. The van der Waals surface area contributed by atoms with E-state index in [-0.39, 0.29) is 5.82 Å². The van der Waals surface area contributed by atoms with Crippen molar-refractivity contribution in [3.05, 3.63) is 132 Å². The van der Waals surface area contributed by atoms with Gasteiger partial charge in [-0.05, 0) is 71.8 Å². The van der Waals surface area contributed by atoms with E-state index in [1.807, 2.05) is 76.1 Å². The summed E-state index contributed by atoms with van der Waals surface area (Å²) in [4.78, 5) is 4.47.